The van der Waals surface area contributed by atoms with Gasteiger partial charge in [0.1, 0.15) is 34.8 Å². The van der Waals surface area contributed by atoms with E-state index < -0.39 is 11.2 Å². The molecule has 1 N–H and O–H groups in total. The number of nitrogens with zero attached hydrogens (tertiary/aromatic N) is 1. The molecule has 0 amide bonds. The molecule has 2 aromatic carbocycles. The SMILES string of the molecule is O=c1c(O)c(-c2ccccn2)oc2cccc(OCc3ccc(F)cc3)c12. The number of halogens is 1. The number of benzene rings is 2. The molecule has 0 aliphatic carbocycles. The highest BCUT2D eigenvalue weighted by Gasteiger charge is 2.19. The molecule has 2 heterocycles. The molecule has 0 fully saturated rings. The van der Waals surface area contributed by atoms with Crippen LogP contribution in [0.15, 0.2) is 76.1 Å². The average Bonchev–Trinajstić information content (AvgIpc) is 2.70. The van der Waals surface area contributed by atoms with Gasteiger partial charge in [0.25, 0.3) is 0 Å². The molecule has 0 aliphatic rings. The molecule has 6 heteroatoms. The molecule has 2 aromatic heterocycles. The van der Waals surface area contributed by atoms with Crippen molar-refractivity contribution in [1.29, 1.82) is 0 Å². The van der Waals surface area contributed by atoms with Crippen LogP contribution in [0.4, 0.5) is 4.39 Å². The van der Waals surface area contributed by atoms with Crippen molar-refractivity contribution in [2.45, 2.75) is 6.61 Å². The second kappa shape index (κ2) is 6.92. The third kappa shape index (κ3) is 3.25. The number of aromatic nitrogens is 1. The van der Waals surface area contributed by atoms with Crippen LogP contribution < -0.4 is 10.2 Å². The van der Waals surface area contributed by atoms with Crippen molar-refractivity contribution in [3.05, 3.63) is 88.5 Å². The molecule has 0 unspecified atom stereocenters. The minimum Gasteiger partial charge on any atom is -0.501 e. The van der Waals surface area contributed by atoms with Gasteiger partial charge in [0.05, 0.1) is 0 Å². The maximum absolute atomic E-state index is 13.0. The molecule has 0 saturated heterocycles. The number of ether oxygens (including phenoxy) is 1. The monoisotopic (exact) mass is 363 g/mol. The highest BCUT2D eigenvalue weighted by Crippen LogP contribution is 2.32. The topological polar surface area (TPSA) is 72.6 Å². The summed E-state index contributed by atoms with van der Waals surface area (Å²) in [6, 6.07) is 15.9. The fourth-order valence-electron chi connectivity index (χ4n) is 2.73. The van der Waals surface area contributed by atoms with Crippen LogP contribution in [-0.2, 0) is 6.61 Å². The Balaban J connectivity index is 1.76. The van der Waals surface area contributed by atoms with E-state index >= 15 is 0 Å². The zero-order valence-corrected chi connectivity index (χ0v) is 14.1. The first kappa shape index (κ1) is 16.8. The van der Waals surface area contributed by atoms with E-state index in [0.717, 1.165) is 5.56 Å². The molecule has 0 radical (unpaired) electrons. The lowest BCUT2D eigenvalue weighted by Gasteiger charge is -2.10. The van der Waals surface area contributed by atoms with E-state index in [4.69, 9.17) is 9.15 Å². The zero-order valence-electron chi connectivity index (χ0n) is 14.1. The minimum atomic E-state index is -0.605. The number of pyridine rings is 1. The van der Waals surface area contributed by atoms with Crippen molar-refractivity contribution in [2.24, 2.45) is 0 Å². The lowest BCUT2D eigenvalue weighted by Crippen LogP contribution is -2.06. The van der Waals surface area contributed by atoms with Crippen molar-refractivity contribution >= 4 is 11.0 Å². The second-order valence-corrected chi connectivity index (χ2v) is 5.87. The summed E-state index contributed by atoms with van der Waals surface area (Å²) in [7, 11) is 0. The Morgan fingerprint density at radius 2 is 1.85 bits per heavy atom. The average molecular weight is 363 g/mol. The Hall–Kier alpha value is -3.67. The molecule has 5 nitrogen and oxygen atoms in total. The Morgan fingerprint density at radius 1 is 1.04 bits per heavy atom. The summed E-state index contributed by atoms with van der Waals surface area (Å²) in [5.41, 5.74) is 0.764. The summed E-state index contributed by atoms with van der Waals surface area (Å²) < 4.78 is 24.4. The van der Waals surface area contributed by atoms with Crippen LogP contribution in [0.3, 0.4) is 0 Å². The second-order valence-electron chi connectivity index (χ2n) is 5.87. The molecule has 0 bridgehead atoms. The highest BCUT2D eigenvalue weighted by molar-refractivity contribution is 5.86. The van der Waals surface area contributed by atoms with Gasteiger partial charge in [-0.25, -0.2) is 4.39 Å². The predicted molar refractivity (Wildman–Crippen MR) is 98.1 cm³/mol. The third-order valence-corrected chi connectivity index (χ3v) is 4.06. The van der Waals surface area contributed by atoms with Crippen LogP contribution in [0.2, 0.25) is 0 Å². The van der Waals surface area contributed by atoms with Crippen molar-refractivity contribution in [3.63, 3.8) is 0 Å². The van der Waals surface area contributed by atoms with Gasteiger partial charge in [-0.15, -0.1) is 0 Å². The van der Waals surface area contributed by atoms with Crippen LogP contribution in [0.1, 0.15) is 5.56 Å². The van der Waals surface area contributed by atoms with Crippen LogP contribution in [0, 0.1) is 5.82 Å². The molecule has 4 rings (SSSR count). The number of hydrogen-bond acceptors (Lipinski definition) is 5. The van der Waals surface area contributed by atoms with E-state index in [2.05, 4.69) is 4.98 Å². The normalized spacial score (nSPS) is 10.9. The number of aromatic hydroxyl groups is 1. The lowest BCUT2D eigenvalue weighted by atomic mass is 10.1. The van der Waals surface area contributed by atoms with Gasteiger partial charge in [-0.2, -0.15) is 0 Å². The largest absolute Gasteiger partial charge is 0.501 e. The van der Waals surface area contributed by atoms with Crippen molar-refractivity contribution < 1.29 is 18.7 Å². The molecular formula is C21H14FNO4. The van der Waals surface area contributed by atoms with Crippen LogP contribution in [0.5, 0.6) is 11.5 Å². The van der Waals surface area contributed by atoms with Gasteiger partial charge in [0.2, 0.25) is 11.2 Å². The fraction of sp³-hybridized carbons (Fsp3) is 0.0476. The van der Waals surface area contributed by atoms with Crippen LogP contribution in [-0.4, -0.2) is 10.1 Å². The van der Waals surface area contributed by atoms with Crippen molar-refractivity contribution in [1.82, 2.24) is 4.98 Å². The van der Waals surface area contributed by atoms with E-state index in [0.29, 0.717) is 5.69 Å². The Kier molecular flexibility index (Phi) is 4.30. The van der Waals surface area contributed by atoms with E-state index in [9.17, 15) is 14.3 Å². The standard InChI is InChI=1S/C21H14FNO4/c22-14-9-7-13(8-10-14)12-26-16-5-3-6-17-18(16)19(24)20(25)21(27-17)15-4-1-2-11-23-15/h1-11,25H,12H2. The minimum absolute atomic E-state index is 0.00350. The van der Waals surface area contributed by atoms with E-state index in [1.807, 2.05) is 0 Å². The first-order valence-corrected chi connectivity index (χ1v) is 8.21. The molecule has 0 atom stereocenters. The van der Waals surface area contributed by atoms with Gasteiger partial charge in [0, 0.05) is 6.20 Å². The summed E-state index contributed by atoms with van der Waals surface area (Å²) in [5.74, 6) is -0.590. The van der Waals surface area contributed by atoms with Gasteiger partial charge in [-0.3, -0.25) is 9.78 Å². The molecule has 0 spiro atoms. The summed E-state index contributed by atoms with van der Waals surface area (Å²) in [6.07, 6.45) is 1.54. The zero-order chi connectivity index (χ0) is 18.8. The molecule has 134 valence electrons. The van der Waals surface area contributed by atoms with Crippen molar-refractivity contribution in [3.8, 4) is 23.0 Å². The highest BCUT2D eigenvalue weighted by atomic mass is 19.1. The summed E-state index contributed by atoms with van der Waals surface area (Å²) in [5, 5.41) is 10.5. The fourth-order valence-corrected chi connectivity index (χ4v) is 2.73. The van der Waals surface area contributed by atoms with E-state index in [1.165, 1.54) is 12.1 Å². The van der Waals surface area contributed by atoms with Crippen LogP contribution >= 0.6 is 0 Å². The molecule has 27 heavy (non-hydrogen) atoms. The van der Waals surface area contributed by atoms with Crippen LogP contribution in [0.25, 0.3) is 22.4 Å². The van der Waals surface area contributed by atoms with Gasteiger partial charge in [-0.1, -0.05) is 24.3 Å². The van der Waals surface area contributed by atoms with Gasteiger partial charge >= 0.3 is 0 Å². The van der Waals surface area contributed by atoms with Gasteiger partial charge in [-0.05, 0) is 42.0 Å². The summed E-state index contributed by atoms with van der Waals surface area (Å²) >= 11 is 0. The Morgan fingerprint density at radius 3 is 2.59 bits per heavy atom. The molecular weight excluding hydrogens is 349 g/mol. The summed E-state index contributed by atoms with van der Waals surface area (Å²) in [4.78, 5) is 16.8. The maximum Gasteiger partial charge on any atom is 0.238 e. The summed E-state index contributed by atoms with van der Waals surface area (Å²) in [6.45, 7) is 0.140. The van der Waals surface area contributed by atoms with Gasteiger partial charge in [0.15, 0.2) is 5.76 Å². The van der Waals surface area contributed by atoms with Gasteiger partial charge < -0.3 is 14.3 Å². The Labute approximate surface area is 153 Å². The first-order chi connectivity index (χ1) is 13.1. The van der Waals surface area contributed by atoms with E-state index in [-0.39, 0.29) is 34.9 Å². The maximum atomic E-state index is 13.0. The quantitative estimate of drug-likeness (QED) is 0.586. The molecule has 4 aromatic rings. The predicted octanol–water partition coefficient (Wildman–Crippen LogP) is 4.28. The smallest absolute Gasteiger partial charge is 0.238 e. The number of hydrogen-bond donors (Lipinski definition) is 1. The number of rotatable bonds is 4. The van der Waals surface area contributed by atoms with Crippen molar-refractivity contribution in [2.75, 3.05) is 0 Å². The lowest BCUT2D eigenvalue weighted by molar-refractivity contribution is 0.309. The Bertz CT molecular complexity index is 1150. The molecule has 0 aliphatic heterocycles. The van der Waals surface area contributed by atoms with E-state index in [1.54, 1.807) is 54.7 Å². The third-order valence-electron chi connectivity index (χ3n) is 4.06. The first-order valence-electron chi connectivity index (χ1n) is 8.21. The molecule has 0 saturated carbocycles. The number of fused-ring (bicyclic) bond motifs is 1.